The molecule has 1 aromatic heterocycles. The minimum absolute atomic E-state index is 0.576. The van der Waals surface area contributed by atoms with Crippen LogP contribution in [0.2, 0.25) is 0 Å². The number of aromatic nitrogens is 2. The van der Waals surface area contributed by atoms with Crippen LogP contribution in [0.4, 0.5) is 0 Å². The third-order valence-electron chi connectivity index (χ3n) is 1.50. The molecule has 2 rings (SSSR count). The smallest absolute Gasteiger partial charge is 0.118 e. The van der Waals surface area contributed by atoms with Gasteiger partial charge in [0.05, 0.1) is 18.5 Å². The fourth-order valence-electron chi connectivity index (χ4n) is 0.835. The van der Waals surface area contributed by atoms with Crippen LogP contribution in [0, 0.1) is 0 Å². The molecule has 0 unspecified atom stereocenters. The average Bonchev–Trinajstić information content (AvgIpc) is 1.97. The first-order chi connectivity index (χ1) is 5.84. The van der Waals surface area contributed by atoms with Crippen LogP contribution >= 0.6 is 27.7 Å². The molecule has 0 aromatic carbocycles. The highest BCUT2D eigenvalue weighted by molar-refractivity contribution is 9.10. The zero-order valence-electron chi connectivity index (χ0n) is 6.24. The number of hydrogen-bond donors (Lipinski definition) is 0. The van der Waals surface area contributed by atoms with Crippen molar-refractivity contribution in [2.24, 2.45) is 0 Å². The number of thioether (sulfide) groups is 1. The predicted octanol–water partition coefficient (Wildman–Crippen LogP) is 1.73. The van der Waals surface area contributed by atoms with E-state index in [1.165, 1.54) is 0 Å². The van der Waals surface area contributed by atoms with Crippen LogP contribution in [0.5, 0.6) is 0 Å². The summed E-state index contributed by atoms with van der Waals surface area (Å²) in [5.74, 6) is 0. The zero-order valence-corrected chi connectivity index (χ0v) is 8.64. The Morgan fingerprint density at radius 1 is 1.50 bits per heavy atom. The van der Waals surface area contributed by atoms with Crippen LogP contribution < -0.4 is 0 Å². The van der Waals surface area contributed by atoms with Crippen LogP contribution in [-0.4, -0.2) is 28.4 Å². The van der Waals surface area contributed by atoms with Gasteiger partial charge in [0, 0.05) is 6.07 Å². The van der Waals surface area contributed by atoms with Gasteiger partial charge in [-0.15, -0.1) is 0 Å². The largest absolute Gasteiger partial charge is 0.379 e. The molecule has 2 heterocycles. The van der Waals surface area contributed by atoms with E-state index in [1.54, 1.807) is 18.1 Å². The molecule has 1 aliphatic rings. The van der Waals surface area contributed by atoms with Crippen molar-refractivity contribution in [3.8, 4) is 0 Å². The Balaban J connectivity index is 2.02. The number of halogens is 1. The molecule has 0 radical (unpaired) electrons. The Hall–Kier alpha value is -0.130. The number of nitrogens with zero attached hydrogens (tertiary/aromatic N) is 2. The summed E-state index contributed by atoms with van der Waals surface area (Å²) in [4.78, 5) is 8.08. The van der Waals surface area contributed by atoms with Gasteiger partial charge < -0.3 is 4.74 Å². The first kappa shape index (κ1) is 8.47. The molecule has 0 bridgehead atoms. The van der Waals surface area contributed by atoms with Gasteiger partial charge in [-0.1, -0.05) is 11.8 Å². The lowest BCUT2D eigenvalue weighted by Gasteiger charge is -2.24. The standard InChI is InChI=1S/C7H7BrN2OS/c8-6-1-7(10-4-9-6)12-5-2-11-3-5/h1,4-5H,2-3H2. The van der Waals surface area contributed by atoms with Crippen LogP contribution in [0.3, 0.4) is 0 Å². The quantitative estimate of drug-likeness (QED) is 0.745. The van der Waals surface area contributed by atoms with E-state index >= 15 is 0 Å². The monoisotopic (exact) mass is 246 g/mol. The third-order valence-corrected chi connectivity index (χ3v) is 3.01. The molecule has 1 aromatic rings. The number of hydrogen-bond acceptors (Lipinski definition) is 4. The Labute approximate surface area is 83.1 Å². The molecule has 1 aliphatic heterocycles. The van der Waals surface area contributed by atoms with Crippen LogP contribution in [0.25, 0.3) is 0 Å². The molecule has 0 spiro atoms. The van der Waals surface area contributed by atoms with Crippen LogP contribution in [0.1, 0.15) is 0 Å². The van der Waals surface area contributed by atoms with Crippen molar-refractivity contribution in [3.05, 3.63) is 17.0 Å². The van der Waals surface area contributed by atoms with E-state index in [9.17, 15) is 0 Å². The van der Waals surface area contributed by atoms with Gasteiger partial charge in [0.1, 0.15) is 16.0 Å². The highest BCUT2D eigenvalue weighted by atomic mass is 79.9. The van der Waals surface area contributed by atoms with Gasteiger partial charge in [-0.3, -0.25) is 0 Å². The topological polar surface area (TPSA) is 35.0 Å². The molecule has 1 fully saturated rings. The lowest BCUT2D eigenvalue weighted by atomic mass is 10.4. The molecule has 0 atom stereocenters. The van der Waals surface area contributed by atoms with E-state index in [4.69, 9.17) is 4.74 Å². The van der Waals surface area contributed by atoms with E-state index in [0.717, 1.165) is 22.8 Å². The van der Waals surface area contributed by atoms with E-state index in [-0.39, 0.29) is 0 Å². The van der Waals surface area contributed by atoms with E-state index in [1.807, 2.05) is 6.07 Å². The minimum Gasteiger partial charge on any atom is -0.379 e. The van der Waals surface area contributed by atoms with Crippen molar-refractivity contribution in [2.45, 2.75) is 10.3 Å². The van der Waals surface area contributed by atoms with Crippen molar-refractivity contribution < 1.29 is 4.74 Å². The summed E-state index contributed by atoms with van der Waals surface area (Å²) in [6.45, 7) is 1.68. The second kappa shape index (κ2) is 3.72. The SMILES string of the molecule is Brc1cc(SC2COC2)ncn1. The highest BCUT2D eigenvalue weighted by Crippen LogP contribution is 2.26. The second-order valence-corrected chi connectivity index (χ2v) is 4.59. The van der Waals surface area contributed by atoms with E-state index in [2.05, 4.69) is 25.9 Å². The van der Waals surface area contributed by atoms with E-state index in [0.29, 0.717) is 5.25 Å². The van der Waals surface area contributed by atoms with Crippen molar-refractivity contribution in [1.29, 1.82) is 0 Å². The molecule has 5 heteroatoms. The Bertz CT molecular complexity index is 280. The van der Waals surface area contributed by atoms with Crippen LogP contribution in [0.15, 0.2) is 22.0 Å². The maximum Gasteiger partial charge on any atom is 0.118 e. The molecule has 64 valence electrons. The maximum absolute atomic E-state index is 5.06. The van der Waals surface area contributed by atoms with Gasteiger partial charge in [-0.2, -0.15) is 0 Å². The van der Waals surface area contributed by atoms with Crippen LogP contribution in [-0.2, 0) is 4.74 Å². The Morgan fingerprint density at radius 3 is 2.92 bits per heavy atom. The Morgan fingerprint density at radius 2 is 2.33 bits per heavy atom. The normalized spacial score (nSPS) is 17.4. The summed E-state index contributed by atoms with van der Waals surface area (Å²) in [6, 6.07) is 1.92. The highest BCUT2D eigenvalue weighted by Gasteiger charge is 2.19. The summed E-state index contributed by atoms with van der Waals surface area (Å²) >= 11 is 5.03. The van der Waals surface area contributed by atoms with Gasteiger partial charge in [0.2, 0.25) is 0 Å². The van der Waals surface area contributed by atoms with Gasteiger partial charge in [-0.25, -0.2) is 9.97 Å². The number of rotatable bonds is 2. The van der Waals surface area contributed by atoms with Gasteiger partial charge >= 0.3 is 0 Å². The summed E-state index contributed by atoms with van der Waals surface area (Å²) in [5.41, 5.74) is 0. The summed E-state index contributed by atoms with van der Waals surface area (Å²) in [5, 5.41) is 1.58. The lowest BCUT2D eigenvalue weighted by molar-refractivity contribution is 0.0454. The fraction of sp³-hybridized carbons (Fsp3) is 0.429. The molecule has 0 amide bonds. The second-order valence-electron chi connectivity index (χ2n) is 2.46. The summed E-state index contributed by atoms with van der Waals surface area (Å²) in [6.07, 6.45) is 1.56. The maximum atomic E-state index is 5.06. The minimum atomic E-state index is 0.576. The molecule has 0 N–H and O–H groups in total. The molecule has 0 aliphatic carbocycles. The first-order valence-electron chi connectivity index (χ1n) is 3.56. The molecule has 12 heavy (non-hydrogen) atoms. The number of ether oxygens (including phenoxy) is 1. The lowest BCUT2D eigenvalue weighted by Crippen LogP contribution is -2.30. The molecule has 0 saturated carbocycles. The third kappa shape index (κ3) is 1.97. The average molecular weight is 247 g/mol. The van der Waals surface area contributed by atoms with Crippen molar-refractivity contribution >= 4 is 27.7 Å². The summed E-state index contributed by atoms with van der Waals surface area (Å²) in [7, 11) is 0. The van der Waals surface area contributed by atoms with Crippen molar-refractivity contribution in [1.82, 2.24) is 9.97 Å². The van der Waals surface area contributed by atoms with Crippen molar-refractivity contribution in [2.75, 3.05) is 13.2 Å². The van der Waals surface area contributed by atoms with Crippen molar-refractivity contribution in [3.63, 3.8) is 0 Å². The van der Waals surface area contributed by atoms with E-state index < -0.39 is 0 Å². The first-order valence-corrected chi connectivity index (χ1v) is 5.24. The van der Waals surface area contributed by atoms with Gasteiger partial charge in [0.15, 0.2) is 0 Å². The molecule has 3 nitrogen and oxygen atoms in total. The van der Waals surface area contributed by atoms with Gasteiger partial charge in [0.25, 0.3) is 0 Å². The molecule has 1 saturated heterocycles. The molecular formula is C7H7BrN2OS. The summed E-state index contributed by atoms with van der Waals surface area (Å²) < 4.78 is 5.89. The molecular weight excluding hydrogens is 240 g/mol. The van der Waals surface area contributed by atoms with Gasteiger partial charge in [-0.05, 0) is 15.9 Å². The Kier molecular flexibility index (Phi) is 2.63. The fourth-order valence-corrected chi connectivity index (χ4v) is 2.25. The predicted molar refractivity (Wildman–Crippen MR) is 50.2 cm³/mol. The zero-order chi connectivity index (χ0) is 8.39.